The van der Waals surface area contributed by atoms with E-state index >= 15 is 0 Å². The maximum atomic E-state index is 12.6. The molecule has 5 heteroatoms. The SMILES string of the molecule is CC(OC(=O)c1ccc(-c2ccc(O)cc2)cc1)C(=O)N(C(C)C)C(C)C. The van der Waals surface area contributed by atoms with E-state index in [1.165, 1.54) is 0 Å². The number of hydrogen-bond acceptors (Lipinski definition) is 4. The molecule has 0 saturated carbocycles. The Bertz CT molecular complexity index is 771. The van der Waals surface area contributed by atoms with Gasteiger partial charge >= 0.3 is 5.97 Å². The summed E-state index contributed by atoms with van der Waals surface area (Å²) in [7, 11) is 0. The predicted molar refractivity (Wildman–Crippen MR) is 106 cm³/mol. The number of phenols is 1. The largest absolute Gasteiger partial charge is 0.508 e. The molecule has 1 N–H and O–H groups in total. The highest BCUT2D eigenvalue weighted by Crippen LogP contribution is 2.22. The van der Waals surface area contributed by atoms with Crippen LogP contribution in [0.4, 0.5) is 0 Å². The number of esters is 1. The number of carbonyl (C=O) groups excluding carboxylic acids is 2. The fourth-order valence-corrected chi connectivity index (χ4v) is 3.05. The van der Waals surface area contributed by atoms with Gasteiger partial charge in [0.1, 0.15) is 5.75 Å². The highest BCUT2D eigenvalue weighted by Gasteiger charge is 2.27. The Labute approximate surface area is 160 Å². The topological polar surface area (TPSA) is 66.8 Å². The molecule has 0 saturated heterocycles. The Morgan fingerprint density at radius 1 is 0.815 bits per heavy atom. The Balaban J connectivity index is 2.07. The van der Waals surface area contributed by atoms with Gasteiger partial charge in [-0.3, -0.25) is 4.79 Å². The van der Waals surface area contributed by atoms with Gasteiger partial charge in [0.05, 0.1) is 5.56 Å². The van der Waals surface area contributed by atoms with Crippen LogP contribution in [0, 0.1) is 0 Å². The number of hydrogen-bond donors (Lipinski definition) is 1. The molecule has 2 rings (SSSR count). The summed E-state index contributed by atoms with van der Waals surface area (Å²) in [5, 5.41) is 9.36. The fraction of sp³-hybridized carbons (Fsp3) is 0.364. The second kappa shape index (κ2) is 8.71. The molecule has 0 aliphatic heterocycles. The van der Waals surface area contributed by atoms with Crippen LogP contribution in [0.2, 0.25) is 0 Å². The van der Waals surface area contributed by atoms with Crippen molar-refractivity contribution in [3.63, 3.8) is 0 Å². The first kappa shape index (κ1) is 20.5. The predicted octanol–water partition coefficient (Wildman–Crippen LogP) is 4.25. The minimum absolute atomic E-state index is 0.0308. The molecule has 0 fully saturated rings. The summed E-state index contributed by atoms with van der Waals surface area (Å²) >= 11 is 0. The third-order valence-electron chi connectivity index (χ3n) is 4.32. The molecular formula is C22H27NO4. The summed E-state index contributed by atoms with van der Waals surface area (Å²) in [6.45, 7) is 9.36. The summed E-state index contributed by atoms with van der Waals surface area (Å²) in [5.41, 5.74) is 2.24. The van der Waals surface area contributed by atoms with Crippen molar-refractivity contribution in [3.8, 4) is 16.9 Å². The van der Waals surface area contributed by atoms with Gasteiger partial charge in [0, 0.05) is 12.1 Å². The maximum absolute atomic E-state index is 12.6. The van der Waals surface area contributed by atoms with Crippen molar-refractivity contribution >= 4 is 11.9 Å². The van der Waals surface area contributed by atoms with Gasteiger partial charge in [-0.1, -0.05) is 24.3 Å². The molecule has 0 spiro atoms. The highest BCUT2D eigenvalue weighted by atomic mass is 16.5. The standard InChI is InChI=1S/C22H27NO4/c1-14(2)23(15(3)4)21(25)16(5)27-22(26)19-8-6-17(7-9-19)18-10-12-20(24)13-11-18/h6-16,24H,1-5H3. The molecule has 27 heavy (non-hydrogen) atoms. The molecule has 0 aromatic heterocycles. The first-order valence-corrected chi connectivity index (χ1v) is 9.13. The van der Waals surface area contributed by atoms with Crippen molar-refractivity contribution in [3.05, 3.63) is 54.1 Å². The highest BCUT2D eigenvalue weighted by molar-refractivity contribution is 5.92. The molecule has 144 valence electrons. The summed E-state index contributed by atoms with van der Waals surface area (Å²) in [4.78, 5) is 26.7. The Hall–Kier alpha value is -2.82. The van der Waals surface area contributed by atoms with E-state index in [0.717, 1.165) is 11.1 Å². The van der Waals surface area contributed by atoms with Crippen LogP contribution >= 0.6 is 0 Å². The molecule has 0 radical (unpaired) electrons. The van der Waals surface area contributed by atoms with Crippen LogP contribution in [0.1, 0.15) is 45.0 Å². The van der Waals surface area contributed by atoms with Crippen molar-refractivity contribution in [2.45, 2.75) is 52.8 Å². The van der Waals surface area contributed by atoms with E-state index < -0.39 is 12.1 Å². The fourth-order valence-electron chi connectivity index (χ4n) is 3.05. The average molecular weight is 369 g/mol. The van der Waals surface area contributed by atoms with Crippen molar-refractivity contribution in [2.24, 2.45) is 0 Å². The summed E-state index contributed by atoms with van der Waals surface area (Å²) < 4.78 is 5.38. The zero-order valence-corrected chi connectivity index (χ0v) is 16.5. The molecule has 0 aliphatic rings. The lowest BCUT2D eigenvalue weighted by molar-refractivity contribution is -0.143. The maximum Gasteiger partial charge on any atom is 0.338 e. The molecule has 2 aromatic carbocycles. The monoisotopic (exact) mass is 369 g/mol. The number of carbonyl (C=O) groups is 2. The Morgan fingerprint density at radius 3 is 1.70 bits per heavy atom. The number of ether oxygens (including phenoxy) is 1. The Morgan fingerprint density at radius 2 is 1.26 bits per heavy atom. The van der Waals surface area contributed by atoms with E-state index in [-0.39, 0.29) is 23.7 Å². The third-order valence-corrected chi connectivity index (χ3v) is 4.32. The first-order chi connectivity index (χ1) is 12.7. The molecule has 0 aliphatic carbocycles. The van der Waals surface area contributed by atoms with Crippen molar-refractivity contribution in [2.75, 3.05) is 0 Å². The molecule has 0 bridgehead atoms. The van der Waals surface area contributed by atoms with E-state index in [1.54, 1.807) is 48.2 Å². The van der Waals surface area contributed by atoms with Crippen LogP contribution in [0.25, 0.3) is 11.1 Å². The normalized spacial score (nSPS) is 12.1. The molecule has 1 amide bonds. The van der Waals surface area contributed by atoms with E-state index in [4.69, 9.17) is 4.74 Å². The molecule has 1 atom stereocenters. The van der Waals surface area contributed by atoms with Crippen LogP contribution in [0.15, 0.2) is 48.5 Å². The zero-order valence-electron chi connectivity index (χ0n) is 16.5. The summed E-state index contributed by atoms with van der Waals surface area (Å²) in [6, 6.07) is 13.8. The molecule has 0 heterocycles. The third kappa shape index (κ3) is 5.09. The van der Waals surface area contributed by atoms with Crippen molar-refractivity contribution in [1.29, 1.82) is 0 Å². The van der Waals surface area contributed by atoms with E-state index in [1.807, 2.05) is 39.8 Å². The lowest BCUT2D eigenvalue weighted by Crippen LogP contribution is -2.47. The average Bonchev–Trinajstić information content (AvgIpc) is 2.61. The van der Waals surface area contributed by atoms with Gasteiger partial charge in [0.15, 0.2) is 6.10 Å². The van der Waals surface area contributed by atoms with Gasteiger partial charge in [-0.15, -0.1) is 0 Å². The van der Waals surface area contributed by atoms with Gasteiger partial charge in [-0.25, -0.2) is 4.79 Å². The van der Waals surface area contributed by atoms with Gasteiger partial charge in [0.2, 0.25) is 0 Å². The van der Waals surface area contributed by atoms with E-state index in [0.29, 0.717) is 5.56 Å². The number of phenolic OH excluding ortho intramolecular Hbond substituents is 1. The van der Waals surface area contributed by atoms with Crippen LogP contribution in [-0.2, 0) is 9.53 Å². The minimum atomic E-state index is -0.848. The second-order valence-corrected chi connectivity index (χ2v) is 7.10. The number of rotatable bonds is 6. The minimum Gasteiger partial charge on any atom is -0.508 e. The van der Waals surface area contributed by atoms with Gasteiger partial charge in [0.25, 0.3) is 5.91 Å². The van der Waals surface area contributed by atoms with Crippen LogP contribution in [-0.4, -0.2) is 40.1 Å². The quantitative estimate of drug-likeness (QED) is 0.773. The van der Waals surface area contributed by atoms with E-state index in [2.05, 4.69) is 0 Å². The lowest BCUT2D eigenvalue weighted by Gasteiger charge is -2.32. The zero-order chi connectivity index (χ0) is 20.1. The molecule has 1 unspecified atom stereocenters. The lowest BCUT2D eigenvalue weighted by atomic mass is 10.0. The number of aromatic hydroxyl groups is 1. The smallest absolute Gasteiger partial charge is 0.338 e. The molecular weight excluding hydrogens is 342 g/mol. The van der Waals surface area contributed by atoms with Crippen LogP contribution < -0.4 is 0 Å². The number of nitrogens with zero attached hydrogens (tertiary/aromatic N) is 1. The van der Waals surface area contributed by atoms with Gasteiger partial charge in [-0.05, 0) is 70.0 Å². The molecule has 5 nitrogen and oxygen atoms in total. The van der Waals surface area contributed by atoms with Crippen LogP contribution in [0.5, 0.6) is 5.75 Å². The molecule has 2 aromatic rings. The summed E-state index contributed by atoms with van der Waals surface area (Å²) in [5.74, 6) is -0.524. The Kier molecular flexibility index (Phi) is 6.61. The van der Waals surface area contributed by atoms with Crippen LogP contribution in [0.3, 0.4) is 0 Å². The summed E-state index contributed by atoms with van der Waals surface area (Å²) in [6.07, 6.45) is -0.848. The van der Waals surface area contributed by atoms with Gasteiger partial charge < -0.3 is 14.7 Å². The van der Waals surface area contributed by atoms with Gasteiger partial charge in [-0.2, -0.15) is 0 Å². The van der Waals surface area contributed by atoms with Crippen molar-refractivity contribution in [1.82, 2.24) is 4.90 Å². The second-order valence-electron chi connectivity index (χ2n) is 7.10. The number of amides is 1. The first-order valence-electron chi connectivity index (χ1n) is 9.13. The van der Waals surface area contributed by atoms with Crippen molar-refractivity contribution < 1.29 is 19.4 Å². The number of benzene rings is 2. The van der Waals surface area contributed by atoms with E-state index in [9.17, 15) is 14.7 Å².